The van der Waals surface area contributed by atoms with E-state index in [4.69, 9.17) is 0 Å². The van der Waals surface area contributed by atoms with Crippen LogP contribution in [0.1, 0.15) is 47.9 Å². The second kappa shape index (κ2) is 8.37. The van der Waals surface area contributed by atoms with Crippen LogP contribution >= 0.6 is 0 Å². The van der Waals surface area contributed by atoms with Gasteiger partial charge in [-0.1, -0.05) is 6.92 Å². The molecule has 6 nitrogen and oxygen atoms in total. The van der Waals surface area contributed by atoms with Gasteiger partial charge in [0, 0.05) is 37.3 Å². The van der Waals surface area contributed by atoms with Gasteiger partial charge >= 0.3 is 0 Å². The van der Waals surface area contributed by atoms with Crippen molar-refractivity contribution in [2.75, 3.05) is 19.6 Å². The standard InChI is InChI=1S/C21H28N4O2/c1-15-5-4-12-24(14-15)20(26)10-11-22-21(27)18-6-8-19(9-7-18)25-17(3)13-16(2)23-25/h6-9,13,15H,4-5,10-12,14H2,1-3H3,(H,22,27). The van der Waals surface area contributed by atoms with Gasteiger partial charge in [0.1, 0.15) is 0 Å². The van der Waals surface area contributed by atoms with E-state index in [2.05, 4.69) is 17.3 Å². The maximum atomic E-state index is 12.3. The fourth-order valence-corrected chi connectivity index (χ4v) is 3.60. The maximum absolute atomic E-state index is 12.3. The summed E-state index contributed by atoms with van der Waals surface area (Å²) < 4.78 is 1.86. The van der Waals surface area contributed by atoms with E-state index in [-0.39, 0.29) is 11.8 Å². The molecule has 1 fully saturated rings. The van der Waals surface area contributed by atoms with E-state index in [1.54, 1.807) is 12.1 Å². The first kappa shape index (κ1) is 19.1. The van der Waals surface area contributed by atoms with Crippen LogP contribution in [0.5, 0.6) is 0 Å². The van der Waals surface area contributed by atoms with Crippen molar-refractivity contribution in [2.24, 2.45) is 5.92 Å². The predicted molar refractivity (Wildman–Crippen MR) is 105 cm³/mol. The van der Waals surface area contributed by atoms with Gasteiger partial charge in [-0.15, -0.1) is 0 Å². The van der Waals surface area contributed by atoms with Gasteiger partial charge in [0.05, 0.1) is 11.4 Å². The predicted octanol–water partition coefficient (Wildman–Crippen LogP) is 2.87. The van der Waals surface area contributed by atoms with Crippen LogP contribution < -0.4 is 5.32 Å². The third kappa shape index (κ3) is 4.76. The molecule has 3 rings (SSSR count). The highest BCUT2D eigenvalue weighted by Crippen LogP contribution is 2.16. The number of nitrogens with one attached hydrogen (secondary N) is 1. The number of rotatable bonds is 5. The van der Waals surface area contributed by atoms with Crippen molar-refractivity contribution in [1.29, 1.82) is 0 Å². The molecule has 2 amide bonds. The summed E-state index contributed by atoms with van der Waals surface area (Å²) in [4.78, 5) is 26.5. The monoisotopic (exact) mass is 368 g/mol. The summed E-state index contributed by atoms with van der Waals surface area (Å²) in [5.74, 6) is 0.537. The van der Waals surface area contributed by atoms with Gasteiger partial charge in [-0.25, -0.2) is 4.68 Å². The fraction of sp³-hybridized carbons (Fsp3) is 0.476. The van der Waals surface area contributed by atoms with Crippen molar-refractivity contribution in [3.8, 4) is 5.69 Å². The molecule has 0 saturated carbocycles. The van der Waals surface area contributed by atoms with Gasteiger partial charge in [0.25, 0.3) is 5.91 Å². The molecule has 1 aliphatic rings. The molecule has 2 heterocycles. The Hall–Kier alpha value is -2.63. The molecule has 1 aromatic carbocycles. The molecule has 1 saturated heterocycles. The summed E-state index contributed by atoms with van der Waals surface area (Å²) in [6.07, 6.45) is 2.61. The van der Waals surface area contributed by atoms with E-state index >= 15 is 0 Å². The SMILES string of the molecule is Cc1cc(C)n(-c2ccc(C(=O)NCCC(=O)N3CCCC(C)C3)cc2)n1. The Bertz CT molecular complexity index is 810. The lowest BCUT2D eigenvalue weighted by atomic mass is 10.00. The number of hydrogen-bond acceptors (Lipinski definition) is 3. The third-order valence-electron chi connectivity index (χ3n) is 5.02. The summed E-state index contributed by atoms with van der Waals surface area (Å²) in [7, 11) is 0. The van der Waals surface area contributed by atoms with Crippen molar-refractivity contribution in [3.63, 3.8) is 0 Å². The topological polar surface area (TPSA) is 67.2 Å². The lowest BCUT2D eigenvalue weighted by molar-refractivity contribution is -0.132. The van der Waals surface area contributed by atoms with Gasteiger partial charge in [-0.3, -0.25) is 9.59 Å². The molecule has 1 atom stereocenters. The Labute approximate surface area is 160 Å². The number of aromatic nitrogens is 2. The number of aryl methyl sites for hydroxylation is 2. The normalized spacial score (nSPS) is 17.0. The van der Waals surface area contributed by atoms with Crippen LogP contribution in [-0.4, -0.2) is 46.1 Å². The molecule has 1 aliphatic heterocycles. The first-order chi connectivity index (χ1) is 12.9. The van der Waals surface area contributed by atoms with E-state index in [1.165, 1.54) is 6.42 Å². The Morgan fingerprint density at radius 1 is 1.22 bits per heavy atom. The molecule has 1 N–H and O–H groups in total. The van der Waals surface area contributed by atoms with Crippen LogP contribution in [0, 0.1) is 19.8 Å². The third-order valence-corrected chi connectivity index (χ3v) is 5.02. The lowest BCUT2D eigenvalue weighted by Gasteiger charge is -2.31. The van der Waals surface area contributed by atoms with Gasteiger partial charge in [-0.05, 0) is 62.9 Å². The van der Waals surface area contributed by atoms with Crippen LogP contribution in [0.15, 0.2) is 30.3 Å². The highest BCUT2D eigenvalue weighted by molar-refractivity contribution is 5.94. The first-order valence-corrected chi connectivity index (χ1v) is 9.63. The van der Waals surface area contributed by atoms with Crippen LogP contribution in [0.25, 0.3) is 5.69 Å². The minimum absolute atomic E-state index is 0.127. The molecule has 2 aromatic rings. The molecule has 1 unspecified atom stereocenters. The number of carbonyl (C=O) groups is 2. The van der Waals surface area contributed by atoms with Gasteiger partial charge in [0.2, 0.25) is 5.91 Å². The average molecular weight is 368 g/mol. The quantitative estimate of drug-likeness (QED) is 0.882. The van der Waals surface area contributed by atoms with E-state index in [9.17, 15) is 9.59 Å². The molecule has 27 heavy (non-hydrogen) atoms. The van der Waals surface area contributed by atoms with E-state index < -0.39 is 0 Å². The smallest absolute Gasteiger partial charge is 0.251 e. The highest BCUT2D eigenvalue weighted by atomic mass is 16.2. The number of carbonyl (C=O) groups excluding carboxylic acids is 2. The Balaban J connectivity index is 1.51. The Morgan fingerprint density at radius 3 is 2.59 bits per heavy atom. The van der Waals surface area contributed by atoms with Crippen LogP contribution in [0.2, 0.25) is 0 Å². The Morgan fingerprint density at radius 2 is 1.96 bits per heavy atom. The number of amides is 2. The molecule has 0 radical (unpaired) electrons. The van der Waals surface area contributed by atoms with E-state index in [1.807, 2.05) is 41.6 Å². The summed E-state index contributed by atoms with van der Waals surface area (Å²) in [5, 5.41) is 7.29. The van der Waals surface area contributed by atoms with Gasteiger partial charge in [0.15, 0.2) is 0 Å². The zero-order valence-corrected chi connectivity index (χ0v) is 16.4. The summed E-state index contributed by atoms with van der Waals surface area (Å²) in [6, 6.07) is 9.36. The van der Waals surface area contributed by atoms with Crippen LogP contribution in [-0.2, 0) is 4.79 Å². The molecule has 6 heteroatoms. The summed E-state index contributed by atoms with van der Waals surface area (Å²) in [5.41, 5.74) is 3.52. The van der Waals surface area contributed by atoms with E-state index in [0.717, 1.165) is 36.6 Å². The van der Waals surface area contributed by atoms with Gasteiger partial charge in [-0.2, -0.15) is 5.10 Å². The largest absolute Gasteiger partial charge is 0.352 e. The molecular weight excluding hydrogens is 340 g/mol. The molecule has 144 valence electrons. The minimum Gasteiger partial charge on any atom is -0.352 e. The number of likely N-dealkylation sites (tertiary alicyclic amines) is 1. The molecule has 1 aromatic heterocycles. The number of benzene rings is 1. The zero-order chi connectivity index (χ0) is 19.4. The number of piperidine rings is 1. The number of hydrogen-bond donors (Lipinski definition) is 1. The van der Waals surface area contributed by atoms with Gasteiger partial charge < -0.3 is 10.2 Å². The van der Waals surface area contributed by atoms with Crippen LogP contribution in [0.4, 0.5) is 0 Å². The minimum atomic E-state index is -0.158. The van der Waals surface area contributed by atoms with Crippen molar-refractivity contribution < 1.29 is 9.59 Å². The highest BCUT2D eigenvalue weighted by Gasteiger charge is 2.20. The maximum Gasteiger partial charge on any atom is 0.251 e. The fourth-order valence-electron chi connectivity index (χ4n) is 3.60. The zero-order valence-electron chi connectivity index (χ0n) is 16.4. The summed E-state index contributed by atoms with van der Waals surface area (Å²) >= 11 is 0. The Kier molecular flexibility index (Phi) is 5.94. The van der Waals surface area contributed by atoms with Crippen molar-refractivity contribution in [1.82, 2.24) is 20.0 Å². The van der Waals surface area contributed by atoms with Crippen LogP contribution in [0.3, 0.4) is 0 Å². The first-order valence-electron chi connectivity index (χ1n) is 9.63. The van der Waals surface area contributed by atoms with E-state index in [0.29, 0.717) is 24.4 Å². The molecule has 0 spiro atoms. The molecular formula is C21H28N4O2. The molecule has 0 bridgehead atoms. The second-order valence-electron chi connectivity index (χ2n) is 7.48. The lowest BCUT2D eigenvalue weighted by Crippen LogP contribution is -2.40. The van der Waals surface area contributed by atoms with Crippen molar-refractivity contribution in [2.45, 2.75) is 40.0 Å². The molecule has 0 aliphatic carbocycles. The average Bonchev–Trinajstić information content (AvgIpc) is 3.00. The summed E-state index contributed by atoms with van der Waals surface area (Å²) in [6.45, 7) is 8.17. The number of nitrogens with zero attached hydrogens (tertiary/aromatic N) is 3. The van der Waals surface area contributed by atoms with Crippen molar-refractivity contribution >= 4 is 11.8 Å². The van der Waals surface area contributed by atoms with Crippen molar-refractivity contribution in [3.05, 3.63) is 47.3 Å². The second-order valence-corrected chi connectivity index (χ2v) is 7.48.